The fraction of sp³-hybridized carbons (Fsp3) is 0.200. The third-order valence-corrected chi connectivity index (χ3v) is 3.14. The van der Waals surface area contributed by atoms with E-state index in [4.69, 9.17) is 22.1 Å². The topological polar surface area (TPSA) is 35.2 Å². The summed E-state index contributed by atoms with van der Waals surface area (Å²) in [6, 6.07) is 14.1. The molecule has 0 fully saturated rings. The second-order valence-corrected chi connectivity index (χ2v) is 4.50. The van der Waals surface area contributed by atoms with Crippen LogP contribution in [0.1, 0.15) is 5.56 Å². The molecule has 0 spiro atoms. The molecule has 0 aliphatic rings. The molecule has 2 aromatic rings. The second kappa shape index (κ2) is 5.89. The first-order valence-corrected chi connectivity index (χ1v) is 6.25. The van der Waals surface area contributed by atoms with E-state index in [1.165, 1.54) is 5.56 Å². The molecule has 0 bridgehead atoms. The number of hydrogen-bond donors (Lipinski definition) is 1. The van der Waals surface area contributed by atoms with Crippen molar-refractivity contribution in [2.75, 3.05) is 13.7 Å². The molecule has 2 rings (SSSR count). The summed E-state index contributed by atoms with van der Waals surface area (Å²) in [6.45, 7) is 0.660. The molecular formula is C15H16ClNO. The molecule has 0 aliphatic heterocycles. The van der Waals surface area contributed by atoms with Crippen molar-refractivity contribution in [1.82, 2.24) is 0 Å². The lowest BCUT2D eigenvalue weighted by atomic mass is 10.0. The number of benzene rings is 2. The maximum atomic E-state index is 6.14. The Kier molecular flexibility index (Phi) is 4.24. The molecule has 2 N–H and O–H groups in total. The first-order chi connectivity index (χ1) is 8.74. The summed E-state index contributed by atoms with van der Waals surface area (Å²) in [7, 11) is 1.61. The first-order valence-electron chi connectivity index (χ1n) is 5.87. The molecule has 18 heavy (non-hydrogen) atoms. The highest BCUT2D eigenvalue weighted by Gasteiger charge is 2.04. The van der Waals surface area contributed by atoms with E-state index in [9.17, 15) is 0 Å². The van der Waals surface area contributed by atoms with E-state index in [1.807, 2.05) is 24.3 Å². The lowest BCUT2D eigenvalue weighted by molar-refractivity contribution is 0.415. The Morgan fingerprint density at radius 2 is 1.89 bits per heavy atom. The zero-order chi connectivity index (χ0) is 13.0. The normalized spacial score (nSPS) is 10.4. The largest absolute Gasteiger partial charge is 0.495 e. The van der Waals surface area contributed by atoms with Crippen LogP contribution in [0, 0.1) is 0 Å². The third kappa shape index (κ3) is 2.84. The predicted octanol–water partition coefficient (Wildman–Crippen LogP) is 3.52. The summed E-state index contributed by atoms with van der Waals surface area (Å²) < 4.78 is 5.15. The summed E-state index contributed by atoms with van der Waals surface area (Å²) in [6.07, 6.45) is 0.887. The maximum absolute atomic E-state index is 6.14. The molecular weight excluding hydrogens is 246 g/mol. The highest BCUT2D eigenvalue weighted by molar-refractivity contribution is 6.32. The number of hydrogen-bond acceptors (Lipinski definition) is 2. The molecule has 0 aliphatic carbocycles. The monoisotopic (exact) mass is 261 g/mol. The highest BCUT2D eigenvalue weighted by Crippen LogP contribution is 2.30. The minimum absolute atomic E-state index is 0.624. The number of methoxy groups -OCH3 is 1. The molecule has 0 aromatic heterocycles. The van der Waals surface area contributed by atoms with Crippen molar-refractivity contribution >= 4 is 11.6 Å². The fourth-order valence-corrected chi connectivity index (χ4v) is 2.18. The Morgan fingerprint density at radius 3 is 2.56 bits per heavy atom. The quantitative estimate of drug-likeness (QED) is 0.914. The number of halogens is 1. The summed E-state index contributed by atoms with van der Waals surface area (Å²) >= 11 is 6.14. The van der Waals surface area contributed by atoms with Crippen LogP contribution in [0.3, 0.4) is 0 Å². The zero-order valence-electron chi connectivity index (χ0n) is 10.3. The van der Waals surface area contributed by atoms with E-state index >= 15 is 0 Å². The van der Waals surface area contributed by atoms with Gasteiger partial charge in [0, 0.05) is 0 Å². The average molecular weight is 262 g/mol. The Bertz CT molecular complexity index is 540. The number of nitrogens with two attached hydrogens (primary N) is 1. The Balaban J connectivity index is 2.36. The van der Waals surface area contributed by atoms with Crippen LogP contribution in [0.5, 0.6) is 5.75 Å². The van der Waals surface area contributed by atoms with Crippen molar-refractivity contribution in [3.05, 3.63) is 53.1 Å². The Labute approximate surface area is 112 Å². The van der Waals surface area contributed by atoms with Crippen molar-refractivity contribution < 1.29 is 4.74 Å². The first kappa shape index (κ1) is 12.9. The SMILES string of the molecule is COc1ccc(-c2cccc(CCN)c2)cc1Cl. The fourth-order valence-electron chi connectivity index (χ4n) is 1.92. The van der Waals surface area contributed by atoms with E-state index in [2.05, 4.69) is 18.2 Å². The minimum Gasteiger partial charge on any atom is -0.495 e. The van der Waals surface area contributed by atoms with Gasteiger partial charge in [-0.3, -0.25) is 0 Å². The van der Waals surface area contributed by atoms with E-state index in [0.29, 0.717) is 17.3 Å². The molecule has 0 heterocycles. The predicted molar refractivity (Wildman–Crippen MR) is 76.2 cm³/mol. The van der Waals surface area contributed by atoms with Crippen LogP contribution in [0.25, 0.3) is 11.1 Å². The average Bonchev–Trinajstić information content (AvgIpc) is 2.39. The second-order valence-electron chi connectivity index (χ2n) is 4.09. The van der Waals surface area contributed by atoms with Gasteiger partial charge in [0.2, 0.25) is 0 Å². The molecule has 3 heteroatoms. The van der Waals surface area contributed by atoms with Crippen molar-refractivity contribution in [2.24, 2.45) is 5.73 Å². The molecule has 0 atom stereocenters. The van der Waals surface area contributed by atoms with Gasteiger partial charge in [0.25, 0.3) is 0 Å². The summed E-state index contributed by atoms with van der Waals surface area (Å²) in [4.78, 5) is 0. The lowest BCUT2D eigenvalue weighted by Crippen LogP contribution is -2.02. The van der Waals surface area contributed by atoms with Crippen molar-refractivity contribution in [3.63, 3.8) is 0 Å². The number of rotatable bonds is 4. The Hall–Kier alpha value is -1.51. The standard InChI is InChI=1S/C15H16ClNO/c1-18-15-6-5-13(10-14(15)16)12-4-2-3-11(9-12)7-8-17/h2-6,9-10H,7-8,17H2,1H3. The molecule has 94 valence electrons. The van der Waals surface area contributed by atoms with Crippen molar-refractivity contribution in [1.29, 1.82) is 0 Å². The van der Waals surface area contributed by atoms with Crippen LogP contribution in [0.2, 0.25) is 5.02 Å². The number of ether oxygens (including phenoxy) is 1. The van der Waals surface area contributed by atoms with Crippen LogP contribution in [-0.4, -0.2) is 13.7 Å². The molecule has 0 saturated heterocycles. The van der Waals surface area contributed by atoms with E-state index in [0.717, 1.165) is 17.5 Å². The molecule has 0 amide bonds. The van der Waals surface area contributed by atoms with Gasteiger partial charge in [0.1, 0.15) is 5.75 Å². The van der Waals surface area contributed by atoms with Gasteiger partial charge in [-0.25, -0.2) is 0 Å². The summed E-state index contributed by atoms with van der Waals surface area (Å²) in [5, 5.41) is 0.624. The van der Waals surface area contributed by atoms with Gasteiger partial charge in [-0.15, -0.1) is 0 Å². The third-order valence-electron chi connectivity index (χ3n) is 2.85. The van der Waals surface area contributed by atoms with Crippen LogP contribution >= 0.6 is 11.6 Å². The van der Waals surface area contributed by atoms with Crippen LogP contribution in [0.15, 0.2) is 42.5 Å². The summed E-state index contributed by atoms with van der Waals surface area (Å²) in [5.74, 6) is 0.693. The van der Waals surface area contributed by atoms with Gasteiger partial charge in [0.15, 0.2) is 0 Å². The molecule has 0 unspecified atom stereocenters. The molecule has 2 nitrogen and oxygen atoms in total. The van der Waals surface area contributed by atoms with Gasteiger partial charge in [-0.05, 0) is 41.8 Å². The van der Waals surface area contributed by atoms with E-state index < -0.39 is 0 Å². The highest BCUT2D eigenvalue weighted by atomic mass is 35.5. The van der Waals surface area contributed by atoms with Gasteiger partial charge in [-0.1, -0.05) is 41.9 Å². The molecule has 2 aromatic carbocycles. The van der Waals surface area contributed by atoms with Crippen LogP contribution in [0.4, 0.5) is 0 Å². The zero-order valence-corrected chi connectivity index (χ0v) is 11.1. The summed E-state index contributed by atoms with van der Waals surface area (Å²) in [5.41, 5.74) is 9.04. The van der Waals surface area contributed by atoms with Gasteiger partial charge < -0.3 is 10.5 Å². The van der Waals surface area contributed by atoms with E-state index in [-0.39, 0.29) is 0 Å². The van der Waals surface area contributed by atoms with Gasteiger partial charge in [0.05, 0.1) is 12.1 Å². The van der Waals surface area contributed by atoms with Gasteiger partial charge >= 0.3 is 0 Å². The van der Waals surface area contributed by atoms with E-state index in [1.54, 1.807) is 7.11 Å². The lowest BCUT2D eigenvalue weighted by Gasteiger charge is -2.08. The smallest absolute Gasteiger partial charge is 0.137 e. The van der Waals surface area contributed by atoms with Gasteiger partial charge in [-0.2, -0.15) is 0 Å². The van der Waals surface area contributed by atoms with Crippen LogP contribution < -0.4 is 10.5 Å². The van der Waals surface area contributed by atoms with Crippen LogP contribution in [-0.2, 0) is 6.42 Å². The maximum Gasteiger partial charge on any atom is 0.137 e. The van der Waals surface area contributed by atoms with Crippen molar-refractivity contribution in [2.45, 2.75) is 6.42 Å². The Morgan fingerprint density at radius 1 is 1.11 bits per heavy atom. The minimum atomic E-state index is 0.624. The molecule has 0 saturated carbocycles. The molecule has 0 radical (unpaired) electrons. The van der Waals surface area contributed by atoms with Crippen molar-refractivity contribution in [3.8, 4) is 16.9 Å².